The van der Waals surface area contributed by atoms with Gasteiger partial charge < -0.3 is 19.7 Å². The third kappa shape index (κ3) is 5.96. The zero-order valence-electron chi connectivity index (χ0n) is 16.2. The van der Waals surface area contributed by atoms with Crippen LogP contribution < -0.4 is 10.6 Å². The summed E-state index contributed by atoms with van der Waals surface area (Å²) >= 11 is 0. The van der Waals surface area contributed by atoms with Crippen molar-refractivity contribution in [2.75, 3.05) is 6.54 Å². The molecule has 0 aliphatic heterocycles. The van der Waals surface area contributed by atoms with Crippen LogP contribution in [-0.2, 0) is 20.1 Å². The third-order valence-corrected chi connectivity index (χ3v) is 4.32. The highest BCUT2D eigenvalue weighted by molar-refractivity contribution is 14.0. The van der Waals surface area contributed by atoms with Gasteiger partial charge in [-0.1, -0.05) is 19.0 Å². The van der Waals surface area contributed by atoms with Crippen molar-refractivity contribution in [1.29, 1.82) is 0 Å². The van der Waals surface area contributed by atoms with E-state index >= 15 is 0 Å². The SMILES string of the molecule is CCNC(=NCc1nnc(C)n1C)NCc1cc(C(CC)CC)no1.I. The van der Waals surface area contributed by atoms with E-state index in [4.69, 9.17) is 4.52 Å². The van der Waals surface area contributed by atoms with Crippen LogP contribution in [0.3, 0.4) is 0 Å². The van der Waals surface area contributed by atoms with E-state index < -0.39 is 0 Å². The lowest BCUT2D eigenvalue weighted by Crippen LogP contribution is -2.36. The minimum atomic E-state index is 0. The van der Waals surface area contributed by atoms with Gasteiger partial charge in [0.2, 0.25) is 0 Å². The fourth-order valence-electron chi connectivity index (χ4n) is 2.56. The van der Waals surface area contributed by atoms with Crippen molar-refractivity contribution in [1.82, 2.24) is 30.6 Å². The summed E-state index contributed by atoms with van der Waals surface area (Å²) in [6, 6.07) is 2.03. The molecule has 0 bridgehead atoms. The predicted molar refractivity (Wildman–Crippen MR) is 113 cm³/mol. The van der Waals surface area contributed by atoms with Gasteiger partial charge in [-0.2, -0.15) is 0 Å². The van der Waals surface area contributed by atoms with Crippen LogP contribution in [0.4, 0.5) is 0 Å². The summed E-state index contributed by atoms with van der Waals surface area (Å²) in [6.07, 6.45) is 2.13. The molecule has 0 unspecified atom stereocenters. The smallest absolute Gasteiger partial charge is 0.192 e. The van der Waals surface area contributed by atoms with Gasteiger partial charge in [-0.25, -0.2) is 4.99 Å². The first-order valence-electron chi connectivity index (χ1n) is 8.91. The van der Waals surface area contributed by atoms with E-state index in [-0.39, 0.29) is 24.0 Å². The average molecular weight is 475 g/mol. The Hall–Kier alpha value is -1.65. The van der Waals surface area contributed by atoms with Crippen LogP contribution in [0, 0.1) is 6.92 Å². The summed E-state index contributed by atoms with van der Waals surface area (Å²) in [4.78, 5) is 4.56. The van der Waals surface area contributed by atoms with Crippen LogP contribution in [0.1, 0.15) is 62.6 Å². The molecular weight excluding hydrogens is 445 g/mol. The van der Waals surface area contributed by atoms with E-state index in [1.165, 1.54) is 0 Å². The number of aliphatic imine (C=N–C) groups is 1. The molecule has 146 valence electrons. The van der Waals surface area contributed by atoms with Gasteiger partial charge >= 0.3 is 0 Å². The maximum atomic E-state index is 5.44. The molecule has 2 heterocycles. The van der Waals surface area contributed by atoms with E-state index in [0.29, 0.717) is 25.0 Å². The van der Waals surface area contributed by atoms with E-state index in [9.17, 15) is 0 Å². The van der Waals surface area contributed by atoms with Crippen molar-refractivity contribution in [3.63, 3.8) is 0 Å². The number of nitrogens with one attached hydrogen (secondary N) is 2. The maximum Gasteiger partial charge on any atom is 0.192 e. The molecule has 9 heteroatoms. The Balaban J connectivity index is 0.00000338. The molecular formula is C17H30IN7O. The van der Waals surface area contributed by atoms with Crippen molar-refractivity contribution >= 4 is 29.9 Å². The quantitative estimate of drug-likeness (QED) is 0.347. The molecule has 2 aromatic heterocycles. The number of aromatic nitrogens is 4. The van der Waals surface area contributed by atoms with Gasteiger partial charge in [-0.15, -0.1) is 34.2 Å². The first kappa shape index (κ1) is 22.4. The van der Waals surface area contributed by atoms with Gasteiger partial charge in [0.25, 0.3) is 0 Å². The van der Waals surface area contributed by atoms with E-state index in [1.807, 2.05) is 31.5 Å². The molecule has 0 radical (unpaired) electrons. The molecule has 0 atom stereocenters. The number of rotatable bonds is 8. The number of nitrogens with zero attached hydrogens (tertiary/aromatic N) is 5. The summed E-state index contributed by atoms with van der Waals surface area (Å²) in [5.41, 5.74) is 1.03. The highest BCUT2D eigenvalue weighted by Crippen LogP contribution is 2.22. The van der Waals surface area contributed by atoms with Gasteiger partial charge in [-0.05, 0) is 26.7 Å². The lowest BCUT2D eigenvalue weighted by Gasteiger charge is -2.09. The van der Waals surface area contributed by atoms with Crippen molar-refractivity contribution < 1.29 is 4.52 Å². The van der Waals surface area contributed by atoms with Crippen molar-refractivity contribution in [3.8, 4) is 0 Å². The number of guanidine groups is 1. The van der Waals surface area contributed by atoms with Crippen LogP contribution in [0.15, 0.2) is 15.6 Å². The summed E-state index contributed by atoms with van der Waals surface area (Å²) in [5.74, 6) is 3.67. The standard InChI is InChI=1S/C17H29N7O.HI/c1-6-13(7-2)15-9-14(25-23-15)10-19-17(18-8-3)20-11-16-22-21-12(4)24(16)5;/h9,13H,6-8,10-11H2,1-5H3,(H2,18,19,20);1H. The number of hydrogen-bond donors (Lipinski definition) is 2. The maximum absolute atomic E-state index is 5.44. The van der Waals surface area contributed by atoms with E-state index in [1.54, 1.807) is 0 Å². The van der Waals surface area contributed by atoms with Crippen LogP contribution >= 0.6 is 24.0 Å². The molecule has 26 heavy (non-hydrogen) atoms. The van der Waals surface area contributed by atoms with Crippen LogP contribution in [0.5, 0.6) is 0 Å². The minimum Gasteiger partial charge on any atom is -0.359 e. The summed E-state index contributed by atoms with van der Waals surface area (Å²) in [7, 11) is 1.94. The molecule has 0 fully saturated rings. The van der Waals surface area contributed by atoms with Crippen molar-refractivity contribution in [3.05, 3.63) is 29.2 Å². The van der Waals surface area contributed by atoms with Gasteiger partial charge in [0, 0.05) is 25.6 Å². The second-order valence-corrected chi connectivity index (χ2v) is 6.00. The molecule has 2 N–H and O–H groups in total. The van der Waals surface area contributed by atoms with E-state index in [2.05, 4.69) is 44.8 Å². The zero-order valence-corrected chi connectivity index (χ0v) is 18.6. The normalized spacial score (nSPS) is 11.5. The summed E-state index contributed by atoms with van der Waals surface area (Å²) < 4.78 is 7.38. The minimum absolute atomic E-state index is 0. The molecule has 0 amide bonds. The topological polar surface area (TPSA) is 93.2 Å². The largest absolute Gasteiger partial charge is 0.359 e. The first-order chi connectivity index (χ1) is 12.1. The lowest BCUT2D eigenvalue weighted by molar-refractivity contribution is 0.368. The number of aryl methyl sites for hydroxylation is 1. The first-order valence-corrected chi connectivity index (χ1v) is 8.91. The Morgan fingerprint density at radius 1 is 1.23 bits per heavy atom. The van der Waals surface area contributed by atoms with Crippen LogP contribution in [0.2, 0.25) is 0 Å². The molecule has 2 rings (SSSR count). The fourth-order valence-corrected chi connectivity index (χ4v) is 2.56. The molecule has 0 aromatic carbocycles. The van der Waals surface area contributed by atoms with Gasteiger partial charge in [0.1, 0.15) is 12.4 Å². The summed E-state index contributed by atoms with van der Waals surface area (Å²) in [5, 5.41) is 18.9. The van der Waals surface area contributed by atoms with Gasteiger partial charge in [0.05, 0.1) is 12.2 Å². The Morgan fingerprint density at radius 3 is 2.54 bits per heavy atom. The summed E-state index contributed by atoms with van der Waals surface area (Å²) in [6.45, 7) is 10.1. The van der Waals surface area contributed by atoms with Crippen LogP contribution in [-0.4, -0.2) is 32.4 Å². The van der Waals surface area contributed by atoms with Gasteiger partial charge in [0.15, 0.2) is 17.5 Å². The molecule has 0 aliphatic carbocycles. The molecule has 8 nitrogen and oxygen atoms in total. The molecule has 0 saturated heterocycles. The second kappa shape index (κ2) is 11.1. The van der Waals surface area contributed by atoms with Crippen molar-refractivity contribution in [2.24, 2.45) is 12.0 Å². The Kier molecular flexibility index (Phi) is 9.60. The molecule has 2 aromatic rings. The van der Waals surface area contributed by atoms with Gasteiger partial charge in [-0.3, -0.25) is 0 Å². The average Bonchev–Trinajstić information content (AvgIpc) is 3.20. The Morgan fingerprint density at radius 2 is 1.96 bits per heavy atom. The predicted octanol–water partition coefficient (Wildman–Crippen LogP) is 2.89. The van der Waals surface area contributed by atoms with E-state index in [0.717, 1.165) is 42.5 Å². The highest BCUT2D eigenvalue weighted by atomic mass is 127. The van der Waals surface area contributed by atoms with Crippen molar-refractivity contribution in [2.45, 2.75) is 59.5 Å². The Bertz CT molecular complexity index is 691. The Labute approximate surface area is 172 Å². The highest BCUT2D eigenvalue weighted by Gasteiger charge is 2.13. The zero-order chi connectivity index (χ0) is 18.2. The number of halogens is 1. The van der Waals surface area contributed by atoms with Crippen LogP contribution in [0.25, 0.3) is 0 Å². The molecule has 0 saturated carbocycles. The molecule has 0 spiro atoms. The molecule has 0 aliphatic rings. The lowest BCUT2D eigenvalue weighted by atomic mass is 9.99. The third-order valence-electron chi connectivity index (χ3n) is 4.32. The number of hydrogen-bond acceptors (Lipinski definition) is 5. The second-order valence-electron chi connectivity index (χ2n) is 6.00. The monoisotopic (exact) mass is 475 g/mol. The fraction of sp³-hybridized carbons (Fsp3) is 0.647.